The lowest BCUT2D eigenvalue weighted by molar-refractivity contribution is 0.119. The summed E-state index contributed by atoms with van der Waals surface area (Å²) in [6, 6.07) is 0. The normalized spacial score (nSPS) is 32.2. The van der Waals surface area contributed by atoms with Crippen LogP contribution >= 0.6 is 23.5 Å². The highest BCUT2D eigenvalue weighted by atomic mass is 32.2. The Morgan fingerprint density at radius 3 is 2.87 bits per heavy atom. The number of thioether (sulfide) groups is 2. The van der Waals surface area contributed by atoms with Crippen LogP contribution < -0.4 is 5.73 Å². The van der Waals surface area contributed by atoms with Gasteiger partial charge in [0.2, 0.25) is 0 Å². The molecule has 1 heterocycles. The standard InChI is InChI=1S/C11H24N2S2/c1-10-11(9-12,5-4-7-15-10)13(2)6-8-14-3/h10H,4-9,12H2,1-3H3. The van der Waals surface area contributed by atoms with Crippen molar-refractivity contribution in [2.24, 2.45) is 5.73 Å². The van der Waals surface area contributed by atoms with E-state index in [1.165, 1.54) is 24.3 Å². The number of hydrogen-bond acceptors (Lipinski definition) is 4. The molecular weight excluding hydrogens is 224 g/mol. The first-order valence-electron chi connectivity index (χ1n) is 5.69. The zero-order chi connectivity index (χ0) is 11.3. The lowest BCUT2D eigenvalue weighted by Crippen LogP contribution is -2.59. The zero-order valence-electron chi connectivity index (χ0n) is 10.2. The molecule has 1 aliphatic heterocycles. The van der Waals surface area contributed by atoms with E-state index in [9.17, 15) is 0 Å². The second-order valence-corrected chi connectivity index (χ2v) is 6.77. The van der Waals surface area contributed by atoms with E-state index in [-0.39, 0.29) is 5.54 Å². The minimum absolute atomic E-state index is 0.249. The molecule has 0 radical (unpaired) electrons. The molecule has 0 aliphatic carbocycles. The van der Waals surface area contributed by atoms with E-state index in [0.29, 0.717) is 5.25 Å². The predicted molar refractivity (Wildman–Crippen MR) is 74.0 cm³/mol. The molecule has 2 nitrogen and oxygen atoms in total. The van der Waals surface area contributed by atoms with E-state index in [1.807, 2.05) is 11.8 Å². The summed E-state index contributed by atoms with van der Waals surface area (Å²) in [5.41, 5.74) is 6.29. The third-order valence-corrected chi connectivity index (χ3v) is 5.68. The summed E-state index contributed by atoms with van der Waals surface area (Å²) in [7, 11) is 2.24. The van der Waals surface area contributed by atoms with Crippen LogP contribution in [0.2, 0.25) is 0 Å². The highest BCUT2D eigenvalue weighted by Gasteiger charge is 2.40. The Balaban J connectivity index is 2.63. The molecule has 4 heteroatoms. The van der Waals surface area contributed by atoms with Crippen LogP contribution in [0.5, 0.6) is 0 Å². The Bertz CT molecular complexity index is 189. The Morgan fingerprint density at radius 1 is 1.60 bits per heavy atom. The summed E-state index contributed by atoms with van der Waals surface area (Å²) in [6.45, 7) is 4.29. The maximum Gasteiger partial charge on any atom is 0.0444 e. The minimum Gasteiger partial charge on any atom is -0.329 e. The van der Waals surface area contributed by atoms with Gasteiger partial charge in [-0.15, -0.1) is 0 Å². The first-order valence-corrected chi connectivity index (χ1v) is 8.13. The van der Waals surface area contributed by atoms with Crippen molar-refractivity contribution in [1.82, 2.24) is 4.90 Å². The fraction of sp³-hybridized carbons (Fsp3) is 1.00. The van der Waals surface area contributed by atoms with Gasteiger partial charge in [0.25, 0.3) is 0 Å². The SMILES string of the molecule is CSCCN(C)C1(CN)CCCSC1C. The van der Waals surface area contributed by atoms with E-state index in [0.717, 1.165) is 13.1 Å². The van der Waals surface area contributed by atoms with Gasteiger partial charge in [-0.25, -0.2) is 0 Å². The molecule has 0 aromatic rings. The Kier molecular flexibility index (Phi) is 5.82. The molecular formula is C11H24N2S2. The van der Waals surface area contributed by atoms with Crippen molar-refractivity contribution in [3.8, 4) is 0 Å². The number of nitrogens with two attached hydrogens (primary N) is 1. The van der Waals surface area contributed by atoms with Gasteiger partial charge in [-0.05, 0) is 31.9 Å². The van der Waals surface area contributed by atoms with Crippen molar-refractivity contribution < 1.29 is 0 Å². The fourth-order valence-electron chi connectivity index (χ4n) is 2.37. The van der Waals surface area contributed by atoms with Crippen LogP contribution in [0.25, 0.3) is 0 Å². The lowest BCUT2D eigenvalue weighted by Gasteiger charge is -2.48. The van der Waals surface area contributed by atoms with Crippen LogP contribution in [-0.4, -0.2) is 53.6 Å². The topological polar surface area (TPSA) is 29.3 Å². The maximum atomic E-state index is 6.04. The smallest absolute Gasteiger partial charge is 0.0444 e. The molecule has 1 rings (SSSR count). The van der Waals surface area contributed by atoms with Crippen molar-refractivity contribution in [1.29, 1.82) is 0 Å². The number of hydrogen-bond donors (Lipinski definition) is 1. The monoisotopic (exact) mass is 248 g/mol. The third kappa shape index (κ3) is 3.05. The second kappa shape index (κ2) is 6.38. The van der Waals surface area contributed by atoms with Crippen LogP contribution in [0.4, 0.5) is 0 Å². The summed E-state index contributed by atoms with van der Waals surface area (Å²) < 4.78 is 0. The highest BCUT2D eigenvalue weighted by Crippen LogP contribution is 2.37. The van der Waals surface area contributed by atoms with Crippen molar-refractivity contribution in [2.45, 2.75) is 30.6 Å². The zero-order valence-corrected chi connectivity index (χ0v) is 11.8. The molecule has 0 aromatic carbocycles. The number of likely N-dealkylation sites (N-methyl/N-ethyl adjacent to an activating group) is 1. The van der Waals surface area contributed by atoms with E-state index >= 15 is 0 Å². The van der Waals surface area contributed by atoms with Crippen LogP contribution in [0, 0.1) is 0 Å². The van der Waals surface area contributed by atoms with Gasteiger partial charge < -0.3 is 5.73 Å². The van der Waals surface area contributed by atoms with Crippen molar-refractivity contribution >= 4 is 23.5 Å². The molecule has 15 heavy (non-hydrogen) atoms. The molecule has 2 N–H and O–H groups in total. The predicted octanol–water partition coefficient (Wildman–Crippen LogP) is 1.89. The van der Waals surface area contributed by atoms with Gasteiger partial charge in [0.1, 0.15) is 0 Å². The molecule has 0 bridgehead atoms. The van der Waals surface area contributed by atoms with Crippen LogP contribution in [0.1, 0.15) is 19.8 Å². The molecule has 1 saturated heterocycles. The van der Waals surface area contributed by atoms with Crippen LogP contribution in [0.15, 0.2) is 0 Å². The first kappa shape index (κ1) is 13.7. The maximum absolute atomic E-state index is 6.04. The van der Waals surface area contributed by atoms with E-state index in [4.69, 9.17) is 5.73 Å². The van der Waals surface area contributed by atoms with E-state index in [1.54, 1.807) is 0 Å². The van der Waals surface area contributed by atoms with Gasteiger partial charge in [0.05, 0.1) is 0 Å². The largest absolute Gasteiger partial charge is 0.329 e. The molecule has 1 fully saturated rings. The Morgan fingerprint density at radius 2 is 2.33 bits per heavy atom. The van der Waals surface area contributed by atoms with E-state index in [2.05, 4.69) is 36.9 Å². The lowest BCUT2D eigenvalue weighted by atomic mass is 9.88. The molecule has 0 saturated carbocycles. The van der Waals surface area contributed by atoms with Crippen LogP contribution in [0.3, 0.4) is 0 Å². The molecule has 0 aromatic heterocycles. The second-order valence-electron chi connectivity index (χ2n) is 4.34. The van der Waals surface area contributed by atoms with Gasteiger partial charge >= 0.3 is 0 Å². The first-order chi connectivity index (χ1) is 7.17. The summed E-state index contributed by atoms with van der Waals surface area (Å²) in [5, 5.41) is 0.670. The molecule has 2 unspecified atom stereocenters. The van der Waals surface area contributed by atoms with Gasteiger partial charge in [-0.1, -0.05) is 6.92 Å². The summed E-state index contributed by atoms with van der Waals surface area (Å²) in [4.78, 5) is 2.50. The summed E-state index contributed by atoms with van der Waals surface area (Å²) in [6.07, 6.45) is 4.75. The minimum atomic E-state index is 0.249. The number of rotatable bonds is 5. The fourth-order valence-corrected chi connectivity index (χ4v) is 4.20. The van der Waals surface area contributed by atoms with E-state index < -0.39 is 0 Å². The molecule has 0 spiro atoms. The van der Waals surface area contributed by atoms with Gasteiger partial charge in [0.15, 0.2) is 0 Å². The summed E-state index contributed by atoms with van der Waals surface area (Å²) >= 11 is 4.00. The van der Waals surface area contributed by atoms with Crippen molar-refractivity contribution in [2.75, 3.05) is 37.9 Å². The Labute approximate surface area is 103 Å². The summed E-state index contributed by atoms with van der Waals surface area (Å²) in [5.74, 6) is 2.51. The molecule has 0 amide bonds. The molecule has 90 valence electrons. The van der Waals surface area contributed by atoms with Gasteiger partial charge in [0, 0.05) is 29.6 Å². The quantitative estimate of drug-likeness (QED) is 0.804. The Hall–Kier alpha value is 0.620. The average Bonchev–Trinajstić information content (AvgIpc) is 2.27. The van der Waals surface area contributed by atoms with Crippen molar-refractivity contribution in [3.63, 3.8) is 0 Å². The third-order valence-electron chi connectivity index (χ3n) is 3.62. The van der Waals surface area contributed by atoms with Crippen LogP contribution in [-0.2, 0) is 0 Å². The molecule has 1 aliphatic rings. The van der Waals surface area contributed by atoms with Crippen molar-refractivity contribution in [3.05, 3.63) is 0 Å². The molecule has 2 atom stereocenters. The van der Waals surface area contributed by atoms with Gasteiger partial charge in [-0.3, -0.25) is 4.90 Å². The highest BCUT2D eigenvalue weighted by molar-refractivity contribution is 8.00. The van der Waals surface area contributed by atoms with Gasteiger partial charge in [-0.2, -0.15) is 23.5 Å². The average molecular weight is 248 g/mol. The number of nitrogens with zero attached hydrogens (tertiary/aromatic N) is 1.